The van der Waals surface area contributed by atoms with E-state index < -0.39 is 38.4 Å². The fraction of sp³-hybridized carbons (Fsp3) is 0.439. The van der Waals surface area contributed by atoms with Crippen LogP contribution in [0.5, 0.6) is 5.75 Å². The molecule has 0 aliphatic carbocycles. The van der Waals surface area contributed by atoms with Gasteiger partial charge in [0.25, 0.3) is 5.91 Å². The van der Waals surface area contributed by atoms with Gasteiger partial charge in [-0.15, -0.1) is 0 Å². The number of allylic oxidation sites excluding steroid dienone is 3. The SMILES string of the molecule is O=C(CCCCCNC(=O)COc1ccc(/C=C/C2=NC(=C\c3ccc(-c4ccc[nH]4)n3B(F)F)/C=C2)cc1)NCCOCCOCCNC[C@H](O)[C@@H](O)[C@@H](O)[C@@H](O)CO. The number of benzene rings is 1. The highest BCUT2D eigenvalue weighted by Crippen LogP contribution is 2.25. The van der Waals surface area contributed by atoms with E-state index in [9.17, 15) is 38.6 Å². The molecular formula is C41H55BF2N6O10. The van der Waals surface area contributed by atoms with E-state index in [-0.39, 0.29) is 25.0 Å². The second-order valence-corrected chi connectivity index (χ2v) is 13.7. The van der Waals surface area contributed by atoms with Crippen LogP contribution in [0.3, 0.4) is 0 Å². The molecule has 19 heteroatoms. The van der Waals surface area contributed by atoms with E-state index >= 15 is 0 Å². The zero-order valence-electron chi connectivity index (χ0n) is 33.3. The summed E-state index contributed by atoms with van der Waals surface area (Å²) in [5.41, 5.74) is 3.44. The Morgan fingerprint density at radius 2 is 1.57 bits per heavy atom. The average molecular weight is 841 g/mol. The highest BCUT2D eigenvalue weighted by molar-refractivity contribution is 6.42. The topological polar surface area (TPSA) is 232 Å². The Bertz CT molecular complexity index is 1860. The van der Waals surface area contributed by atoms with Crippen molar-refractivity contribution in [2.75, 3.05) is 65.8 Å². The van der Waals surface area contributed by atoms with Crippen LogP contribution in [0.15, 0.2) is 83.6 Å². The van der Waals surface area contributed by atoms with Gasteiger partial charge in [-0.3, -0.25) is 18.2 Å². The molecule has 3 heterocycles. The van der Waals surface area contributed by atoms with Gasteiger partial charge in [0.05, 0.1) is 61.9 Å². The number of nitrogens with zero attached hydrogens (tertiary/aromatic N) is 2. The number of amides is 2. The second kappa shape index (κ2) is 26.3. The van der Waals surface area contributed by atoms with Crippen LogP contribution in [0.25, 0.3) is 23.5 Å². The van der Waals surface area contributed by atoms with Crippen molar-refractivity contribution in [3.8, 4) is 17.1 Å². The minimum atomic E-state index is -2.72. The number of aliphatic imine (C=N–C) groups is 1. The van der Waals surface area contributed by atoms with Crippen molar-refractivity contribution in [2.24, 2.45) is 4.99 Å². The van der Waals surface area contributed by atoms with E-state index in [0.717, 1.165) is 22.9 Å². The summed E-state index contributed by atoms with van der Waals surface area (Å²) in [6.07, 6.45) is 6.91. The molecule has 0 saturated heterocycles. The number of aliphatic hydroxyl groups excluding tert-OH is 5. The summed E-state index contributed by atoms with van der Waals surface area (Å²) in [6.45, 7) is 1.54. The number of rotatable bonds is 29. The Hall–Kier alpha value is -4.99. The minimum Gasteiger partial charge on any atom is -0.484 e. The number of halogens is 2. The molecule has 1 aliphatic heterocycles. The van der Waals surface area contributed by atoms with Crippen LogP contribution in [0.4, 0.5) is 8.63 Å². The second-order valence-electron chi connectivity index (χ2n) is 13.7. The first kappa shape index (κ1) is 47.7. The molecule has 1 aromatic carbocycles. The first-order valence-corrected chi connectivity index (χ1v) is 19.8. The van der Waals surface area contributed by atoms with Crippen molar-refractivity contribution in [3.05, 3.63) is 89.9 Å². The van der Waals surface area contributed by atoms with Crippen molar-refractivity contribution < 1.29 is 58.0 Å². The number of unbranched alkanes of at least 4 members (excludes halogenated alkanes) is 2. The normalized spacial score (nSPS) is 15.2. The van der Waals surface area contributed by atoms with E-state index in [1.807, 2.05) is 24.3 Å². The van der Waals surface area contributed by atoms with Crippen LogP contribution in [0, 0.1) is 0 Å². The molecule has 4 atom stereocenters. The molecule has 4 rings (SSSR count). The predicted octanol–water partition coefficient (Wildman–Crippen LogP) is 1.55. The maximum atomic E-state index is 13.9. The van der Waals surface area contributed by atoms with E-state index in [1.165, 1.54) is 0 Å². The van der Waals surface area contributed by atoms with Crippen LogP contribution in [0.1, 0.15) is 36.9 Å². The zero-order valence-corrected chi connectivity index (χ0v) is 33.3. The molecule has 0 spiro atoms. The summed E-state index contributed by atoms with van der Waals surface area (Å²) in [5.74, 6) is 0.204. The molecule has 3 aromatic rings. The quantitative estimate of drug-likeness (QED) is 0.0360. The summed E-state index contributed by atoms with van der Waals surface area (Å²) in [6, 6.07) is 14.0. The van der Waals surface area contributed by atoms with Crippen LogP contribution >= 0.6 is 0 Å². The lowest BCUT2D eigenvalue weighted by atomic mass is 10.0. The Kier molecular flexibility index (Phi) is 20.9. The third-order valence-corrected chi connectivity index (χ3v) is 9.14. The lowest BCUT2D eigenvalue weighted by Crippen LogP contribution is -2.49. The van der Waals surface area contributed by atoms with Gasteiger partial charge in [0.15, 0.2) is 6.61 Å². The maximum absolute atomic E-state index is 13.9. The molecule has 9 N–H and O–H groups in total. The van der Waals surface area contributed by atoms with Gasteiger partial charge in [0.2, 0.25) is 5.91 Å². The Labute approximate surface area is 347 Å². The summed E-state index contributed by atoms with van der Waals surface area (Å²) < 4.78 is 45.2. The molecule has 1 aliphatic rings. The van der Waals surface area contributed by atoms with Crippen LogP contribution < -0.4 is 20.7 Å². The number of carbonyl (C=O) groups is 2. The number of H-pyrrole nitrogens is 1. The summed E-state index contributed by atoms with van der Waals surface area (Å²) in [4.78, 5) is 31.8. The lowest BCUT2D eigenvalue weighted by molar-refractivity contribution is -0.123. The van der Waals surface area contributed by atoms with Gasteiger partial charge < -0.3 is 65.2 Å². The number of hydrogen-bond donors (Lipinski definition) is 9. The monoisotopic (exact) mass is 840 g/mol. The number of carbonyl (C=O) groups excluding carboxylic acids is 2. The van der Waals surface area contributed by atoms with Crippen molar-refractivity contribution in [1.29, 1.82) is 0 Å². The molecule has 0 unspecified atom stereocenters. The van der Waals surface area contributed by atoms with E-state index in [0.29, 0.717) is 93.1 Å². The fourth-order valence-electron chi connectivity index (χ4n) is 5.85. The molecule has 0 saturated carbocycles. The molecule has 2 amide bonds. The number of ether oxygens (including phenoxy) is 3. The van der Waals surface area contributed by atoms with Gasteiger partial charge in [-0.1, -0.05) is 24.6 Å². The summed E-state index contributed by atoms with van der Waals surface area (Å²) >= 11 is 0. The van der Waals surface area contributed by atoms with Gasteiger partial charge in [-0.25, -0.2) is 4.99 Å². The average Bonchev–Trinajstić information content (AvgIpc) is 4.04. The Morgan fingerprint density at radius 1 is 0.833 bits per heavy atom. The number of aliphatic hydroxyl groups is 5. The number of nitrogens with one attached hydrogen (secondary N) is 4. The maximum Gasteiger partial charge on any atom is 0.678 e. The fourth-order valence-corrected chi connectivity index (χ4v) is 5.85. The predicted molar refractivity (Wildman–Crippen MR) is 223 cm³/mol. The lowest BCUT2D eigenvalue weighted by Gasteiger charge is -2.25. The number of hydrogen-bond acceptors (Lipinski definition) is 12. The molecule has 326 valence electrons. The van der Waals surface area contributed by atoms with Crippen molar-refractivity contribution >= 4 is 37.1 Å². The zero-order chi connectivity index (χ0) is 43.1. The first-order valence-electron chi connectivity index (χ1n) is 19.8. The van der Waals surface area contributed by atoms with E-state index in [1.54, 1.807) is 60.8 Å². The largest absolute Gasteiger partial charge is 0.678 e. The molecule has 2 aromatic heterocycles. The van der Waals surface area contributed by atoms with E-state index in [2.05, 4.69) is 25.9 Å². The molecule has 60 heavy (non-hydrogen) atoms. The Balaban J connectivity index is 0.977. The van der Waals surface area contributed by atoms with Crippen molar-refractivity contribution in [1.82, 2.24) is 25.4 Å². The number of aromatic nitrogens is 2. The van der Waals surface area contributed by atoms with E-state index in [4.69, 9.17) is 19.3 Å². The highest BCUT2D eigenvalue weighted by Gasteiger charge is 2.29. The van der Waals surface area contributed by atoms with Crippen molar-refractivity contribution in [2.45, 2.75) is 50.1 Å². The highest BCUT2D eigenvalue weighted by atomic mass is 19.2. The summed E-state index contributed by atoms with van der Waals surface area (Å²) in [7, 11) is -2.72. The van der Waals surface area contributed by atoms with Crippen LogP contribution in [-0.2, 0) is 19.1 Å². The van der Waals surface area contributed by atoms with Crippen LogP contribution in [-0.4, -0.2) is 150 Å². The standard InChI is InChI=1S/C41H55BF2N6O10/c43-42(44)50-32(13-16-35(50)34-5-4-18-46-34)25-31-12-11-30(49-31)10-7-29-8-14-33(15-9-29)60-28-39(55)47-17-3-1-2-6-38(54)48-20-22-59-24-23-58-21-19-45-26-36(52)40(56)41(57)37(53)27-51/h4-5,7-16,18,25,36-37,40-41,45-46,51-53,56-57H,1-3,6,17,19-24,26-28H2,(H,47,55)(H,48,54)/b10-7+,31-25-/t36-,37-,40+,41-/m0/s1. The molecule has 0 bridgehead atoms. The van der Waals surface area contributed by atoms with Crippen LogP contribution in [0.2, 0.25) is 0 Å². The van der Waals surface area contributed by atoms with Crippen molar-refractivity contribution in [3.63, 3.8) is 0 Å². The summed E-state index contributed by atoms with van der Waals surface area (Å²) in [5, 5.41) is 55.8. The molecule has 0 fully saturated rings. The van der Waals surface area contributed by atoms with Gasteiger partial charge >= 0.3 is 7.40 Å². The molecule has 16 nitrogen and oxygen atoms in total. The molecular weight excluding hydrogens is 785 g/mol. The minimum absolute atomic E-state index is 0.0495. The smallest absolute Gasteiger partial charge is 0.484 e. The third-order valence-electron chi connectivity index (χ3n) is 9.14. The Morgan fingerprint density at radius 3 is 2.28 bits per heavy atom. The van der Waals surface area contributed by atoms with Gasteiger partial charge in [0, 0.05) is 44.5 Å². The van der Waals surface area contributed by atoms with Gasteiger partial charge in [0.1, 0.15) is 24.1 Å². The molecule has 0 radical (unpaired) electrons. The van der Waals surface area contributed by atoms with Gasteiger partial charge in [-0.2, -0.15) is 0 Å². The van der Waals surface area contributed by atoms with Gasteiger partial charge in [-0.05, 0) is 79.1 Å². The first-order chi connectivity index (χ1) is 29.0. The number of aromatic amines is 1. The third kappa shape index (κ3) is 16.6.